The standard InChI is InChI=1S/C24H26Cl2FN7O/c1-15(22-19(25)12-28-13-20(22)26)35-17-9-18-23(30-31-24(18)21(27)10-17)16-11-29-34(14-16)8-7-33-5-3-32(2)4-6-33/h9-15H,3-8H2,1-2H3,(H,30,31)/t15-/m1/s1. The van der Waals surface area contributed by atoms with Crippen molar-refractivity contribution in [3.05, 3.63) is 58.3 Å². The Labute approximate surface area is 212 Å². The first-order chi connectivity index (χ1) is 16.9. The minimum Gasteiger partial charge on any atom is -0.486 e. The number of piperazine rings is 1. The molecule has 0 spiro atoms. The lowest BCUT2D eigenvalue weighted by atomic mass is 10.1. The fraction of sp³-hybridized carbons (Fsp3) is 0.375. The lowest BCUT2D eigenvalue weighted by molar-refractivity contribution is 0.149. The van der Waals surface area contributed by atoms with E-state index in [0.29, 0.717) is 38.0 Å². The average molecular weight is 518 g/mol. The number of aromatic amines is 1. The largest absolute Gasteiger partial charge is 0.486 e. The number of ether oxygens (including phenoxy) is 1. The molecule has 1 aliphatic heterocycles. The first kappa shape index (κ1) is 24.0. The number of aromatic nitrogens is 5. The van der Waals surface area contributed by atoms with Crippen LogP contribution in [0.2, 0.25) is 10.0 Å². The molecule has 0 bridgehead atoms. The van der Waals surface area contributed by atoms with Gasteiger partial charge in [0.05, 0.1) is 22.8 Å². The third kappa shape index (κ3) is 5.13. The molecule has 35 heavy (non-hydrogen) atoms. The van der Waals surface area contributed by atoms with Crippen molar-refractivity contribution in [2.24, 2.45) is 0 Å². The summed E-state index contributed by atoms with van der Waals surface area (Å²) >= 11 is 12.5. The average Bonchev–Trinajstić information content (AvgIpc) is 3.46. The number of nitrogens with zero attached hydrogens (tertiary/aromatic N) is 6. The minimum atomic E-state index is -0.512. The van der Waals surface area contributed by atoms with E-state index in [2.05, 4.69) is 37.1 Å². The highest BCUT2D eigenvalue weighted by molar-refractivity contribution is 6.35. The Kier molecular flexibility index (Phi) is 6.93. The normalized spacial score (nSPS) is 16.1. The second kappa shape index (κ2) is 10.1. The predicted molar refractivity (Wildman–Crippen MR) is 135 cm³/mol. The fourth-order valence-electron chi connectivity index (χ4n) is 4.34. The second-order valence-corrected chi connectivity index (χ2v) is 9.63. The third-order valence-corrected chi connectivity index (χ3v) is 6.96. The molecule has 0 radical (unpaired) electrons. The van der Waals surface area contributed by atoms with E-state index in [4.69, 9.17) is 27.9 Å². The van der Waals surface area contributed by atoms with E-state index in [1.807, 2.05) is 10.9 Å². The van der Waals surface area contributed by atoms with E-state index < -0.39 is 11.9 Å². The summed E-state index contributed by atoms with van der Waals surface area (Å²) in [6, 6.07) is 3.08. The van der Waals surface area contributed by atoms with Crippen molar-refractivity contribution in [2.75, 3.05) is 39.8 Å². The number of hydrogen-bond acceptors (Lipinski definition) is 6. The zero-order chi connectivity index (χ0) is 24.5. The monoisotopic (exact) mass is 517 g/mol. The Balaban J connectivity index is 1.35. The molecule has 4 aromatic rings. The van der Waals surface area contributed by atoms with Crippen LogP contribution in [0.15, 0.2) is 36.9 Å². The van der Waals surface area contributed by atoms with E-state index in [0.717, 1.165) is 44.8 Å². The van der Waals surface area contributed by atoms with Crippen molar-refractivity contribution in [1.29, 1.82) is 0 Å². The Morgan fingerprint density at radius 1 is 1.09 bits per heavy atom. The molecule has 1 N–H and O–H groups in total. The van der Waals surface area contributed by atoms with E-state index in [1.54, 1.807) is 19.2 Å². The van der Waals surface area contributed by atoms with E-state index in [1.165, 1.54) is 18.5 Å². The smallest absolute Gasteiger partial charge is 0.152 e. The van der Waals surface area contributed by atoms with Crippen LogP contribution in [0.5, 0.6) is 5.75 Å². The van der Waals surface area contributed by atoms with Gasteiger partial charge >= 0.3 is 0 Å². The van der Waals surface area contributed by atoms with Gasteiger partial charge in [0.1, 0.15) is 23.1 Å². The summed E-state index contributed by atoms with van der Waals surface area (Å²) in [5.41, 5.74) is 2.32. The van der Waals surface area contributed by atoms with Crippen molar-refractivity contribution in [3.8, 4) is 17.0 Å². The molecular weight excluding hydrogens is 492 g/mol. The van der Waals surface area contributed by atoms with Crippen LogP contribution in [0.1, 0.15) is 18.6 Å². The highest BCUT2D eigenvalue weighted by Crippen LogP contribution is 2.35. The molecule has 1 atom stereocenters. The summed E-state index contributed by atoms with van der Waals surface area (Å²) < 4.78 is 22.8. The Bertz CT molecular complexity index is 1310. The van der Waals surface area contributed by atoms with Crippen molar-refractivity contribution < 1.29 is 9.13 Å². The molecule has 5 rings (SSSR count). The van der Waals surface area contributed by atoms with Crippen molar-refractivity contribution in [3.63, 3.8) is 0 Å². The summed E-state index contributed by atoms with van der Waals surface area (Å²) in [6.07, 6.45) is 6.19. The zero-order valence-corrected chi connectivity index (χ0v) is 21.0. The van der Waals surface area contributed by atoms with E-state index >= 15 is 0 Å². The predicted octanol–water partition coefficient (Wildman–Crippen LogP) is 4.65. The number of rotatable bonds is 7. The van der Waals surface area contributed by atoms with Gasteiger partial charge in [-0.15, -0.1) is 0 Å². The van der Waals surface area contributed by atoms with Crippen LogP contribution in [0, 0.1) is 5.82 Å². The molecule has 184 valence electrons. The minimum absolute atomic E-state index is 0.310. The maximum Gasteiger partial charge on any atom is 0.152 e. The molecule has 0 saturated carbocycles. The van der Waals surface area contributed by atoms with Crippen LogP contribution in [0.4, 0.5) is 4.39 Å². The highest BCUT2D eigenvalue weighted by Gasteiger charge is 2.20. The summed E-state index contributed by atoms with van der Waals surface area (Å²) in [5, 5.41) is 13.0. The Hall–Kier alpha value is -2.72. The molecule has 4 heterocycles. The van der Waals surface area contributed by atoms with E-state index in [9.17, 15) is 4.39 Å². The molecule has 0 amide bonds. The highest BCUT2D eigenvalue weighted by atomic mass is 35.5. The molecule has 11 heteroatoms. The lowest BCUT2D eigenvalue weighted by Crippen LogP contribution is -2.45. The van der Waals surface area contributed by atoms with Crippen LogP contribution in [0.25, 0.3) is 22.2 Å². The van der Waals surface area contributed by atoms with Gasteiger partial charge < -0.3 is 9.64 Å². The Morgan fingerprint density at radius 2 is 1.83 bits per heavy atom. The number of fused-ring (bicyclic) bond motifs is 1. The van der Waals surface area contributed by atoms with Crippen LogP contribution >= 0.6 is 23.2 Å². The zero-order valence-electron chi connectivity index (χ0n) is 19.5. The fourth-order valence-corrected chi connectivity index (χ4v) is 5.01. The van der Waals surface area contributed by atoms with Gasteiger partial charge in [-0.3, -0.25) is 19.7 Å². The van der Waals surface area contributed by atoms with Crippen LogP contribution in [-0.2, 0) is 6.54 Å². The van der Waals surface area contributed by atoms with Crippen molar-refractivity contribution in [1.82, 2.24) is 34.8 Å². The van der Waals surface area contributed by atoms with Gasteiger partial charge in [0.25, 0.3) is 0 Å². The van der Waals surface area contributed by atoms with Crippen LogP contribution in [-0.4, -0.2) is 74.5 Å². The quantitative estimate of drug-likeness (QED) is 0.384. The SMILES string of the molecule is C[C@@H](Oc1cc(F)c2[nH]nc(-c3cnn(CCN4CCN(C)CC4)c3)c2c1)c1c(Cl)cncc1Cl. The van der Waals surface area contributed by atoms with Crippen molar-refractivity contribution >= 4 is 34.1 Å². The Morgan fingerprint density at radius 3 is 2.57 bits per heavy atom. The molecule has 3 aromatic heterocycles. The molecule has 1 fully saturated rings. The number of hydrogen-bond donors (Lipinski definition) is 1. The first-order valence-corrected chi connectivity index (χ1v) is 12.2. The van der Waals surface area contributed by atoms with Gasteiger partial charge in [-0.25, -0.2) is 4.39 Å². The van der Waals surface area contributed by atoms with Gasteiger partial charge in [-0.1, -0.05) is 23.2 Å². The number of likely N-dealkylation sites (N-methyl/N-ethyl adjacent to an activating group) is 1. The summed E-state index contributed by atoms with van der Waals surface area (Å²) in [6.45, 7) is 7.79. The van der Waals surface area contributed by atoms with Gasteiger partial charge in [0.2, 0.25) is 0 Å². The van der Waals surface area contributed by atoms with E-state index in [-0.39, 0.29) is 0 Å². The first-order valence-electron chi connectivity index (χ1n) is 11.5. The third-order valence-electron chi connectivity index (χ3n) is 6.36. The lowest BCUT2D eigenvalue weighted by Gasteiger charge is -2.32. The maximum atomic E-state index is 14.9. The van der Waals surface area contributed by atoms with Gasteiger partial charge in [-0.2, -0.15) is 10.2 Å². The van der Waals surface area contributed by atoms with Crippen LogP contribution in [0.3, 0.4) is 0 Å². The molecule has 0 aliphatic carbocycles. The van der Waals surface area contributed by atoms with Crippen molar-refractivity contribution in [2.45, 2.75) is 19.6 Å². The molecule has 1 saturated heterocycles. The number of benzene rings is 1. The van der Waals surface area contributed by atoms with Crippen LogP contribution < -0.4 is 4.74 Å². The molecule has 0 unspecified atom stereocenters. The summed E-state index contributed by atoms with van der Waals surface area (Å²) in [7, 11) is 2.15. The molecule has 1 aliphatic rings. The number of halogens is 3. The molecule has 8 nitrogen and oxygen atoms in total. The summed E-state index contributed by atoms with van der Waals surface area (Å²) in [5.74, 6) is -0.116. The molecular formula is C24H26Cl2FN7O. The number of nitrogens with one attached hydrogen (secondary N) is 1. The molecule has 1 aromatic carbocycles. The second-order valence-electron chi connectivity index (χ2n) is 8.81. The van der Waals surface area contributed by atoms with Gasteiger partial charge in [-0.05, 0) is 20.0 Å². The van der Waals surface area contributed by atoms with Gasteiger partial charge in [0, 0.05) is 73.9 Å². The number of H-pyrrole nitrogens is 1. The summed E-state index contributed by atoms with van der Waals surface area (Å²) in [4.78, 5) is 8.74. The maximum absolute atomic E-state index is 14.9. The van der Waals surface area contributed by atoms with Gasteiger partial charge in [0.15, 0.2) is 5.82 Å². The topological polar surface area (TPSA) is 75.1 Å². The number of pyridine rings is 1.